The Kier molecular flexibility index (Phi) is 2.48. The summed E-state index contributed by atoms with van der Waals surface area (Å²) in [4.78, 5) is 26.6. The van der Waals surface area contributed by atoms with Crippen LogP contribution in [0.25, 0.3) is 0 Å². The van der Waals surface area contributed by atoms with Gasteiger partial charge in [0.05, 0.1) is 12.1 Å². The van der Waals surface area contributed by atoms with Crippen LogP contribution in [0.15, 0.2) is 12.4 Å². The molecule has 0 fully saturated rings. The highest BCUT2D eigenvalue weighted by molar-refractivity contribution is 5.69. The van der Waals surface area contributed by atoms with Crippen molar-refractivity contribution in [2.24, 2.45) is 0 Å². The summed E-state index contributed by atoms with van der Waals surface area (Å²) in [5.74, 6) is -1.45. The number of nitro groups is 1. The molecule has 0 spiro atoms. The molecule has 0 unspecified atom stereocenters. The van der Waals surface area contributed by atoms with Crippen molar-refractivity contribution in [3.63, 3.8) is 0 Å². The second kappa shape index (κ2) is 3.57. The second-order valence-electron chi connectivity index (χ2n) is 2.19. The van der Waals surface area contributed by atoms with Crippen molar-refractivity contribution in [3.05, 3.63) is 28.2 Å². The van der Waals surface area contributed by atoms with E-state index >= 15 is 0 Å². The highest BCUT2D eigenvalue weighted by atomic mass is 16.6. The predicted molar refractivity (Wildman–Crippen MR) is 40.0 cm³/mol. The van der Waals surface area contributed by atoms with Crippen LogP contribution in [0.4, 0.5) is 5.82 Å². The smallest absolute Gasteiger partial charge is 0.381 e. The van der Waals surface area contributed by atoms with Gasteiger partial charge in [0.1, 0.15) is 6.20 Å². The van der Waals surface area contributed by atoms with E-state index in [-0.39, 0.29) is 12.1 Å². The Balaban J connectivity index is 2.81. The van der Waals surface area contributed by atoms with E-state index in [9.17, 15) is 14.9 Å². The van der Waals surface area contributed by atoms with E-state index in [1.165, 1.54) is 0 Å². The number of carboxylic acids is 1. The van der Waals surface area contributed by atoms with Crippen LogP contribution in [0.2, 0.25) is 0 Å². The first-order chi connectivity index (χ1) is 6.09. The normalized spacial score (nSPS) is 9.54. The summed E-state index contributed by atoms with van der Waals surface area (Å²) in [5.41, 5.74) is 0.193. The van der Waals surface area contributed by atoms with E-state index in [0.29, 0.717) is 0 Å². The lowest BCUT2D eigenvalue weighted by molar-refractivity contribution is -0.389. The minimum absolute atomic E-state index is 0.193. The molecule has 1 heterocycles. The Labute approximate surface area is 72.2 Å². The van der Waals surface area contributed by atoms with E-state index < -0.39 is 16.7 Å². The lowest BCUT2D eigenvalue weighted by Crippen LogP contribution is -2.03. The van der Waals surface area contributed by atoms with Crippen LogP contribution in [-0.2, 0) is 11.2 Å². The van der Waals surface area contributed by atoms with Crippen molar-refractivity contribution in [1.82, 2.24) is 9.97 Å². The third-order valence-electron chi connectivity index (χ3n) is 1.21. The molecule has 1 aromatic heterocycles. The van der Waals surface area contributed by atoms with Gasteiger partial charge in [-0.2, -0.15) is 0 Å². The van der Waals surface area contributed by atoms with Crippen LogP contribution >= 0.6 is 0 Å². The Bertz CT molecular complexity index is 334. The maximum absolute atomic E-state index is 10.2. The van der Waals surface area contributed by atoms with Gasteiger partial charge in [0.15, 0.2) is 6.20 Å². The molecule has 0 aliphatic rings. The Morgan fingerprint density at radius 2 is 2.23 bits per heavy atom. The number of aliphatic carboxylic acids is 1. The van der Waals surface area contributed by atoms with E-state index in [0.717, 1.165) is 12.4 Å². The number of aromatic nitrogens is 2. The van der Waals surface area contributed by atoms with Crippen molar-refractivity contribution in [3.8, 4) is 0 Å². The Hall–Kier alpha value is -2.05. The molecule has 0 amide bonds. The predicted octanol–water partition coefficient (Wildman–Crippen LogP) is 0.0119. The Morgan fingerprint density at radius 3 is 2.62 bits per heavy atom. The molecule has 0 saturated heterocycles. The van der Waals surface area contributed by atoms with Crippen molar-refractivity contribution in [1.29, 1.82) is 0 Å². The minimum Gasteiger partial charge on any atom is -0.481 e. The van der Waals surface area contributed by atoms with Gasteiger partial charge in [-0.05, 0) is 9.91 Å². The molecular weight excluding hydrogens is 178 g/mol. The quantitative estimate of drug-likeness (QED) is 0.522. The van der Waals surface area contributed by atoms with Gasteiger partial charge in [0.25, 0.3) is 0 Å². The summed E-state index contributed by atoms with van der Waals surface area (Å²) in [7, 11) is 0. The van der Waals surface area contributed by atoms with E-state index in [2.05, 4.69) is 9.97 Å². The van der Waals surface area contributed by atoms with Gasteiger partial charge in [-0.3, -0.25) is 4.79 Å². The van der Waals surface area contributed by atoms with Crippen LogP contribution < -0.4 is 0 Å². The van der Waals surface area contributed by atoms with E-state index in [4.69, 9.17) is 5.11 Å². The molecule has 7 heteroatoms. The molecule has 7 nitrogen and oxygen atoms in total. The SMILES string of the molecule is O=C(O)Cc1cnc([N+](=O)[O-])cn1. The molecule has 0 atom stereocenters. The van der Waals surface area contributed by atoms with Crippen molar-refractivity contribution in [2.75, 3.05) is 0 Å². The number of carboxylic acid groups (broad SMARTS) is 1. The summed E-state index contributed by atoms with van der Waals surface area (Å²) in [6, 6.07) is 0. The summed E-state index contributed by atoms with van der Waals surface area (Å²) < 4.78 is 0. The van der Waals surface area contributed by atoms with Crippen LogP contribution in [0, 0.1) is 10.1 Å². The number of nitrogens with zero attached hydrogens (tertiary/aromatic N) is 3. The zero-order valence-corrected chi connectivity index (χ0v) is 6.38. The molecule has 13 heavy (non-hydrogen) atoms. The molecule has 0 aliphatic heterocycles. The molecule has 1 aromatic rings. The highest BCUT2D eigenvalue weighted by Gasteiger charge is 2.09. The molecule has 68 valence electrons. The number of hydrogen-bond acceptors (Lipinski definition) is 5. The Morgan fingerprint density at radius 1 is 1.54 bits per heavy atom. The first-order valence-corrected chi connectivity index (χ1v) is 3.26. The molecule has 0 aromatic carbocycles. The first-order valence-electron chi connectivity index (χ1n) is 3.26. The molecule has 1 N–H and O–H groups in total. The topological polar surface area (TPSA) is 106 Å². The van der Waals surface area contributed by atoms with E-state index in [1.54, 1.807) is 0 Å². The van der Waals surface area contributed by atoms with Gasteiger partial charge < -0.3 is 15.2 Å². The van der Waals surface area contributed by atoms with Gasteiger partial charge in [-0.15, -0.1) is 0 Å². The number of rotatable bonds is 3. The average Bonchev–Trinajstić information content (AvgIpc) is 2.04. The van der Waals surface area contributed by atoms with Gasteiger partial charge in [0.2, 0.25) is 0 Å². The third kappa shape index (κ3) is 2.47. The van der Waals surface area contributed by atoms with Crippen LogP contribution in [0.1, 0.15) is 5.69 Å². The zero-order chi connectivity index (χ0) is 9.84. The zero-order valence-electron chi connectivity index (χ0n) is 6.38. The van der Waals surface area contributed by atoms with Gasteiger partial charge >= 0.3 is 11.8 Å². The largest absolute Gasteiger partial charge is 0.481 e. The van der Waals surface area contributed by atoms with Gasteiger partial charge in [-0.1, -0.05) is 0 Å². The maximum atomic E-state index is 10.2. The molecule has 0 aliphatic carbocycles. The lowest BCUT2D eigenvalue weighted by Gasteiger charge is -1.92. The number of hydrogen-bond donors (Lipinski definition) is 1. The maximum Gasteiger partial charge on any atom is 0.381 e. The number of carbonyl (C=O) groups is 1. The summed E-state index contributed by atoms with van der Waals surface area (Å²) >= 11 is 0. The molecule has 0 bridgehead atoms. The standard InChI is InChI=1S/C6H5N3O4/c10-6(11)1-4-2-8-5(3-7-4)9(12)13/h2-3H,1H2,(H,10,11). The lowest BCUT2D eigenvalue weighted by atomic mass is 10.3. The monoisotopic (exact) mass is 183 g/mol. The van der Waals surface area contributed by atoms with E-state index in [1.807, 2.05) is 0 Å². The van der Waals surface area contributed by atoms with Crippen LogP contribution in [0.3, 0.4) is 0 Å². The van der Waals surface area contributed by atoms with Gasteiger partial charge in [-0.25, -0.2) is 4.98 Å². The summed E-state index contributed by atoms with van der Waals surface area (Å²) in [6.07, 6.45) is 1.72. The summed E-state index contributed by atoms with van der Waals surface area (Å²) in [5, 5.41) is 18.5. The van der Waals surface area contributed by atoms with Crippen molar-refractivity contribution in [2.45, 2.75) is 6.42 Å². The van der Waals surface area contributed by atoms with Crippen LogP contribution in [0.5, 0.6) is 0 Å². The highest BCUT2D eigenvalue weighted by Crippen LogP contribution is 2.03. The fourth-order valence-electron chi connectivity index (χ4n) is 0.688. The van der Waals surface area contributed by atoms with Crippen molar-refractivity contribution >= 4 is 11.8 Å². The fraction of sp³-hybridized carbons (Fsp3) is 0.167. The van der Waals surface area contributed by atoms with Gasteiger partial charge in [0, 0.05) is 0 Å². The fourth-order valence-corrected chi connectivity index (χ4v) is 0.688. The molecule has 0 radical (unpaired) electrons. The minimum atomic E-state index is -1.05. The first kappa shape index (κ1) is 9.04. The third-order valence-corrected chi connectivity index (χ3v) is 1.21. The average molecular weight is 183 g/mol. The summed E-state index contributed by atoms with van der Waals surface area (Å²) in [6.45, 7) is 0. The second-order valence-corrected chi connectivity index (χ2v) is 2.19. The molecule has 1 rings (SSSR count). The molecule has 0 saturated carbocycles. The van der Waals surface area contributed by atoms with Crippen molar-refractivity contribution < 1.29 is 14.8 Å². The van der Waals surface area contributed by atoms with Crippen LogP contribution in [-0.4, -0.2) is 26.0 Å². The molecular formula is C6H5N3O4.